The van der Waals surface area contributed by atoms with E-state index in [-0.39, 0.29) is 0 Å². The van der Waals surface area contributed by atoms with Gasteiger partial charge in [0.25, 0.3) is 0 Å². The van der Waals surface area contributed by atoms with Crippen LogP contribution in [-0.4, -0.2) is 10.7 Å². The molecule has 0 aliphatic heterocycles. The molecule has 1 aromatic carbocycles. The predicted molar refractivity (Wildman–Crippen MR) is 59.7 cm³/mol. The third kappa shape index (κ3) is 1.43. The lowest BCUT2D eigenvalue weighted by molar-refractivity contribution is 1.26. The van der Waals surface area contributed by atoms with Crippen molar-refractivity contribution in [2.45, 2.75) is 13.8 Å². The Morgan fingerprint density at radius 1 is 1.21 bits per heavy atom. The number of nitrogens with one attached hydrogen (secondary N) is 2. The molecule has 0 saturated carbocycles. The molecule has 71 valence electrons. The van der Waals surface area contributed by atoms with Gasteiger partial charge in [0, 0.05) is 23.3 Å². The molecule has 0 spiro atoms. The molecule has 0 fully saturated rings. The van der Waals surface area contributed by atoms with Crippen LogP contribution in [0.4, 0.5) is 0 Å². The van der Waals surface area contributed by atoms with Crippen molar-refractivity contribution in [3.63, 3.8) is 0 Å². The van der Waals surface area contributed by atoms with Crippen molar-refractivity contribution in [2.24, 2.45) is 0 Å². The average molecular weight is 185 g/mol. The Morgan fingerprint density at radius 2 is 2.00 bits per heavy atom. The molecule has 14 heavy (non-hydrogen) atoms. The number of aromatic nitrogens is 1. The van der Waals surface area contributed by atoms with Crippen LogP contribution in [-0.2, 0) is 0 Å². The van der Waals surface area contributed by atoms with Gasteiger partial charge in [-0.25, -0.2) is 0 Å². The van der Waals surface area contributed by atoms with E-state index in [4.69, 9.17) is 5.41 Å². The minimum atomic E-state index is 0.625. The van der Waals surface area contributed by atoms with Crippen molar-refractivity contribution in [2.75, 3.05) is 0 Å². The molecule has 0 bridgehead atoms. The fraction of sp³-hybridized carbons (Fsp3) is 0.167. The Hall–Kier alpha value is -1.57. The molecule has 0 unspecified atom stereocenters. The fourth-order valence-electron chi connectivity index (χ4n) is 1.50. The van der Waals surface area contributed by atoms with Crippen LogP contribution < -0.4 is 0 Å². The second kappa shape index (κ2) is 3.29. The molecule has 1 radical (unpaired) electrons. The summed E-state index contributed by atoms with van der Waals surface area (Å²) < 4.78 is 0. The largest absolute Gasteiger partial charge is 0.361 e. The number of H-pyrrole nitrogens is 1. The van der Waals surface area contributed by atoms with Gasteiger partial charge in [-0.05, 0) is 43.0 Å². The molecule has 2 nitrogen and oxygen atoms in total. The molecule has 2 rings (SSSR count). The highest BCUT2D eigenvalue weighted by atomic mass is 14.7. The first kappa shape index (κ1) is 9.00. The van der Waals surface area contributed by atoms with E-state index in [1.54, 1.807) is 0 Å². The number of benzene rings is 1. The summed E-state index contributed by atoms with van der Waals surface area (Å²) in [7, 11) is 0. The number of aromatic amines is 1. The van der Waals surface area contributed by atoms with Gasteiger partial charge in [0.2, 0.25) is 0 Å². The second-order valence-electron chi connectivity index (χ2n) is 3.53. The highest BCUT2D eigenvalue weighted by Crippen LogP contribution is 2.20. The highest BCUT2D eigenvalue weighted by molar-refractivity contribution is 5.96. The maximum absolute atomic E-state index is 7.56. The fourth-order valence-corrected chi connectivity index (χ4v) is 1.50. The van der Waals surface area contributed by atoms with E-state index in [1.165, 1.54) is 5.39 Å². The molecule has 1 aromatic heterocycles. The molecule has 2 N–H and O–H groups in total. The van der Waals surface area contributed by atoms with E-state index in [2.05, 4.69) is 17.1 Å². The van der Waals surface area contributed by atoms with Gasteiger partial charge >= 0.3 is 0 Å². The highest BCUT2D eigenvalue weighted by Gasteiger charge is 2.08. The van der Waals surface area contributed by atoms with Crippen molar-refractivity contribution in [1.29, 1.82) is 5.41 Å². The molecule has 1 heterocycles. The molecule has 0 amide bonds. The third-order valence-electron chi connectivity index (χ3n) is 2.55. The topological polar surface area (TPSA) is 39.6 Å². The summed E-state index contributed by atoms with van der Waals surface area (Å²) in [4.78, 5) is 3.15. The van der Waals surface area contributed by atoms with Gasteiger partial charge < -0.3 is 10.4 Å². The van der Waals surface area contributed by atoms with Crippen LogP contribution >= 0.6 is 0 Å². The van der Waals surface area contributed by atoms with Crippen LogP contribution in [0.15, 0.2) is 30.5 Å². The van der Waals surface area contributed by atoms with Crippen molar-refractivity contribution < 1.29 is 0 Å². The standard InChI is InChI=1S/C12H13N2/c1-8(9(2)13)10-3-4-12-11(7-10)5-6-14-12/h3-7,13-14H,1-2H3. The monoisotopic (exact) mass is 185 g/mol. The molecular formula is C12H13N2. The lowest BCUT2D eigenvalue weighted by Gasteiger charge is -2.08. The van der Waals surface area contributed by atoms with Crippen molar-refractivity contribution in [3.05, 3.63) is 41.9 Å². The van der Waals surface area contributed by atoms with E-state index < -0.39 is 0 Å². The van der Waals surface area contributed by atoms with Crippen LogP contribution in [0.5, 0.6) is 0 Å². The summed E-state index contributed by atoms with van der Waals surface area (Å²) in [6, 6.07) is 8.26. The zero-order chi connectivity index (χ0) is 10.1. The van der Waals surface area contributed by atoms with Gasteiger partial charge in [-0.1, -0.05) is 6.07 Å². The predicted octanol–water partition coefficient (Wildman–Crippen LogP) is 3.15. The van der Waals surface area contributed by atoms with E-state index in [0.29, 0.717) is 5.71 Å². The summed E-state index contributed by atoms with van der Waals surface area (Å²) in [5, 5.41) is 8.76. The zero-order valence-electron chi connectivity index (χ0n) is 8.39. The van der Waals surface area contributed by atoms with Gasteiger partial charge in [-0.2, -0.15) is 0 Å². The average Bonchev–Trinajstić information content (AvgIpc) is 2.62. The van der Waals surface area contributed by atoms with Gasteiger partial charge in [-0.3, -0.25) is 0 Å². The Kier molecular flexibility index (Phi) is 2.12. The normalized spacial score (nSPS) is 11.1. The third-order valence-corrected chi connectivity index (χ3v) is 2.55. The minimum absolute atomic E-state index is 0.625. The van der Waals surface area contributed by atoms with Gasteiger partial charge in [-0.15, -0.1) is 0 Å². The number of hydrogen-bond acceptors (Lipinski definition) is 1. The maximum atomic E-state index is 7.56. The van der Waals surface area contributed by atoms with Crippen molar-refractivity contribution in [1.82, 2.24) is 4.98 Å². The molecular weight excluding hydrogens is 172 g/mol. The van der Waals surface area contributed by atoms with E-state index in [0.717, 1.165) is 17.0 Å². The lowest BCUT2D eigenvalue weighted by Crippen LogP contribution is -2.03. The first-order valence-electron chi connectivity index (χ1n) is 4.65. The van der Waals surface area contributed by atoms with Crippen molar-refractivity contribution in [3.8, 4) is 0 Å². The van der Waals surface area contributed by atoms with Crippen LogP contribution in [0.1, 0.15) is 19.4 Å². The zero-order valence-corrected chi connectivity index (χ0v) is 8.39. The molecule has 0 aliphatic rings. The summed E-state index contributed by atoms with van der Waals surface area (Å²) in [5.74, 6) is 1.04. The van der Waals surface area contributed by atoms with Crippen LogP contribution in [0.25, 0.3) is 10.9 Å². The quantitative estimate of drug-likeness (QED) is 0.675. The van der Waals surface area contributed by atoms with Crippen LogP contribution in [0, 0.1) is 11.3 Å². The minimum Gasteiger partial charge on any atom is -0.361 e. The van der Waals surface area contributed by atoms with Crippen LogP contribution in [0.3, 0.4) is 0 Å². The summed E-state index contributed by atoms with van der Waals surface area (Å²) >= 11 is 0. The molecule has 0 saturated heterocycles. The van der Waals surface area contributed by atoms with E-state index >= 15 is 0 Å². The first-order chi connectivity index (χ1) is 6.68. The van der Waals surface area contributed by atoms with E-state index in [1.807, 2.05) is 32.2 Å². The SMILES string of the molecule is C[C](C(C)=N)c1ccc2[nH]ccc2c1. The number of hydrogen-bond donors (Lipinski definition) is 2. The van der Waals surface area contributed by atoms with Gasteiger partial charge in [0.1, 0.15) is 0 Å². The smallest absolute Gasteiger partial charge is 0.0454 e. The molecule has 0 aliphatic carbocycles. The van der Waals surface area contributed by atoms with Gasteiger partial charge in [0.05, 0.1) is 0 Å². The Labute approximate surface area is 83.5 Å². The Morgan fingerprint density at radius 3 is 2.71 bits per heavy atom. The first-order valence-corrected chi connectivity index (χ1v) is 4.65. The molecule has 2 aromatic rings. The molecule has 2 heteroatoms. The summed E-state index contributed by atoms with van der Waals surface area (Å²) in [5.41, 5.74) is 2.90. The Bertz CT molecular complexity index is 468. The Balaban J connectivity index is 2.48. The summed E-state index contributed by atoms with van der Waals surface area (Å²) in [6.45, 7) is 3.80. The number of fused-ring (bicyclic) bond motifs is 1. The molecule has 0 atom stereocenters. The van der Waals surface area contributed by atoms with E-state index in [9.17, 15) is 0 Å². The number of rotatable bonds is 2. The van der Waals surface area contributed by atoms with Gasteiger partial charge in [0.15, 0.2) is 0 Å². The maximum Gasteiger partial charge on any atom is 0.0454 e. The lowest BCUT2D eigenvalue weighted by atomic mass is 9.96. The summed E-state index contributed by atoms with van der Waals surface area (Å²) in [6.07, 6.45) is 1.93. The van der Waals surface area contributed by atoms with Crippen molar-refractivity contribution >= 4 is 16.6 Å². The van der Waals surface area contributed by atoms with Crippen LogP contribution in [0.2, 0.25) is 0 Å². The second-order valence-corrected chi connectivity index (χ2v) is 3.53.